The van der Waals surface area contributed by atoms with Crippen LogP contribution in [0.3, 0.4) is 0 Å². The first-order chi connectivity index (χ1) is 10.7. The predicted molar refractivity (Wildman–Crippen MR) is 96.2 cm³/mol. The first-order valence-electron chi connectivity index (χ1n) is 7.10. The summed E-state index contributed by atoms with van der Waals surface area (Å²) >= 11 is 8.75. The van der Waals surface area contributed by atoms with Gasteiger partial charge in [-0.1, -0.05) is 0 Å². The minimum absolute atomic E-state index is 0.269. The molecule has 1 aromatic rings. The Balaban J connectivity index is 2.17. The predicted octanol–water partition coefficient (Wildman–Crippen LogP) is 2.65. The van der Waals surface area contributed by atoms with Crippen molar-refractivity contribution in [3.63, 3.8) is 0 Å². The average Bonchev–Trinajstić information content (AvgIpc) is 2.85. The van der Waals surface area contributed by atoms with Gasteiger partial charge >= 0.3 is 5.97 Å². The number of thioether (sulfide) groups is 1. The van der Waals surface area contributed by atoms with E-state index in [2.05, 4.69) is 10.6 Å². The van der Waals surface area contributed by atoms with Crippen molar-refractivity contribution in [2.75, 3.05) is 37.9 Å². The Kier molecular flexibility index (Phi) is 6.94. The van der Waals surface area contributed by atoms with E-state index in [-0.39, 0.29) is 5.97 Å². The number of hydrogen-bond acceptors (Lipinski definition) is 6. The second kappa shape index (κ2) is 8.71. The van der Waals surface area contributed by atoms with Crippen molar-refractivity contribution in [1.82, 2.24) is 5.32 Å². The number of rotatable bonds is 6. The van der Waals surface area contributed by atoms with E-state index in [1.165, 1.54) is 4.88 Å². The minimum Gasteiger partial charge on any atom is -0.462 e. The van der Waals surface area contributed by atoms with Gasteiger partial charge < -0.3 is 20.1 Å². The molecule has 0 amide bonds. The number of ether oxygens (including phenoxy) is 2. The lowest BCUT2D eigenvalue weighted by Gasteiger charge is -2.13. The highest BCUT2D eigenvalue weighted by Gasteiger charge is 2.26. The molecule has 0 saturated carbocycles. The topological polar surface area (TPSA) is 59.6 Å². The van der Waals surface area contributed by atoms with Crippen LogP contribution in [0.5, 0.6) is 0 Å². The Morgan fingerprint density at radius 2 is 2.27 bits per heavy atom. The molecule has 0 aliphatic carbocycles. The standard InChI is InChI=1S/C14H20N2O3S3/c1-3-19-13(17)11-9-4-7-21-8-10(9)22-12(11)16-14(20)15-5-6-18-2/h3-8H2,1-2H3,(H2,15,16,20). The molecule has 0 saturated heterocycles. The molecule has 0 aromatic carbocycles. The molecular weight excluding hydrogens is 340 g/mol. The maximum absolute atomic E-state index is 12.3. The molecule has 5 nitrogen and oxygen atoms in total. The Morgan fingerprint density at radius 1 is 1.45 bits per heavy atom. The summed E-state index contributed by atoms with van der Waals surface area (Å²) in [4.78, 5) is 13.5. The van der Waals surface area contributed by atoms with Crippen LogP contribution in [0.2, 0.25) is 0 Å². The molecule has 0 unspecified atom stereocenters. The molecule has 1 aliphatic heterocycles. The normalized spacial score (nSPS) is 13.4. The second-order valence-corrected chi connectivity index (χ2v) is 7.22. The number of carbonyl (C=O) groups excluding carboxylic acids is 1. The lowest BCUT2D eigenvalue weighted by atomic mass is 10.1. The molecule has 0 radical (unpaired) electrons. The molecular formula is C14H20N2O3S3. The zero-order valence-electron chi connectivity index (χ0n) is 12.7. The third-order valence-electron chi connectivity index (χ3n) is 3.12. The highest BCUT2D eigenvalue weighted by molar-refractivity contribution is 7.98. The van der Waals surface area contributed by atoms with Gasteiger partial charge in [0, 0.05) is 24.3 Å². The Hall–Kier alpha value is -0.830. The van der Waals surface area contributed by atoms with E-state index in [1.807, 2.05) is 18.7 Å². The average molecular weight is 361 g/mol. The molecule has 2 rings (SSSR count). The van der Waals surface area contributed by atoms with Crippen molar-refractivity contribution in [1.29, 1.82) is 0 Å². The molecule has 0 spiro atoms. The van der Waals surface area contributed by atoms with Gasteiger partial charge in [0.1, 0.15) is 5.00 Å². The SMILES string of the molecule is CCOC(=O)c1c(NC(=S)NCCOC)sc2c1CCSC2. The highest BCUT2D eigenvalue weighted by atomic mass is 32.2. The molecule has 1 aliphatic rings. The van der Waals surface area contributed by atoms with Crippen LogP contribution in [0.4, 0.5) is 5.00 Å². The zero-order chi connectivity index (χ0) is 15.9. The van der Waals surface area contributed by atoms with Gasteiger partial charge in [0.2, 0.25) is 0 Å². The Bertz CT molecular complexity index is 546. The number of methoxy groups -OCH3 is 1. The fourth-order valence-electron chi connectivity index (χ4n) is 2.15. The van der Waals surface area contributed by atoms with Gasteiger partial charge in [-0.3, -0.25) is 0 Å². The van der Waals surface area contributed by atoms with Crippen LogP contribution >= 0.6 is 35.3 Å². The van der Waals surface area contributed by atoms with Crippen molar-refractivity contribution >= 4 is 51.4 Å². The van der Waals surface area contributed by atoms with Crippen LogP contribution in [0.25, 0.3) is 0 Å². The molecule has 0 bridgehead atoms. The van der Waals surface area contributed by atoms with Gasteiger partial charge in [0.15, 0.2) is 5.11 Å². The fourth-order valence-corrected chi connectivity index (χ4v) is 4.80. The summed E-state index contributed by atoms with van der Waals surface area (Å²) in [6.45, 7) is 3.38. The van der Waals surface area contributed by atoms with E-state index in [4.69, 9.17) is 21.7 Å². The van der Waals surface area contributed by atoms with Crippen molar-refractivity contribution in [2.24, 2.45) is 0 Å². The highest BCUT2D eigenvalue weighted by Crippen LogP contribution is 2.39. The van der Waals surface area contributed by atoms with Gasteiger partial charge in [0.25, 0.3) is 0 Å². The number of thiophene rings is 1. The van der Waals surface area contributed by atoms with Crippen LogP contribution in [0.15, 0.2) is 0 Å². The fraction of sp³-hybridized carbons (Fsp3) is 0.571. The molecule has 2 heterocycles. The molecule has 2 N–H and O–H groups in total. The summed E-state index contributed by atoms with van der Waals surface area (Å²) < 4.78 is 10.2. The van der Waals surface area contributed by atoms with Crippen LogP contribution < -0.4 is 10.6 Å². The van der Waals surface area contributed by atoms with E-state index < -0.39 is 0 Å². The quantitative estimate of drug-likeness (QED) is 0.459. The number of hydrogen-bond donors (Lipinski definition) is 2. The summed E-state index contributed by atoms with van der Waals surface area (Å²) in [5.74, 6) is 1.71. The minimum atomic E-state index is -0.269. The number of fused-ring (bicyclic) bond motifs is 1. The smallest absolute Gasteiger partial charge is 0.341 e. The lowest BCUT2D eigenvalue weighted by molar-refractivity contribution is 0.0527. The van der Waals surface area contributed by atoms with Gasteiger partial charge in [-0.25, -0.2) is 4.79 Å². The largest absolute Gasteiger partial charge is 0.462 e. The Labute approximate surface area is 144 Å². The van der Waals surface area contributed by atoms with Crippen molar-refractivity contribution in [3.05, 3.63) is 16.0 Å². The maximum atomic E-state index is 12.3. The number of nitrogens with one attached hydrogen (secondary N) is 2. The van der Waals surface area contributed by atoms with E-state index in [9.17, 15) is 4.79 Å². The third kappa shape index (κ3) is 4.34. The molecule has 1 aromatic heterocycles. The third-order valence-corrected chi connectivity index (χ3v) is 5.68. The monoisotopic (exact) mass is 360 g/mol. The van der Waals surface area contributed by atoms with E-state index in [0.29, 0.717) is 30.4 Å². The molecule has 22 heavy (non-hydrogen) atoms. The van der Waals surface area contributed by atoms with Crippen molar-refractivity contribution in [3.8, 4) is 0 Å². The summed E-state index contributed by atoms with van der Waals surface area (Å²) in [7, 11) is 1.64. The first-order valence-corrected chi connectivity index (χ1v) is 9.48. The maximum Gasteiger partial charge on any atom is 0.341 e. The summed E-state index contributed by atoms with van der Waals surface area (Å²) in [5.41, 5.74) is 1.77. The second-order valence-electron chi connectivity index (χ2n) is 4.60. The van der Waals surface area contributed by atoms with Gasteiger partial charge in [0.05, 0.1) is 18.8 Å². The van der Waals surface area contributed by atoms with E-state index >= 15 is 0 Å². The van der Waals surface area contributed by atoms with Gasteiger partial charge in [-0.2, -0.15) is 11.8 Å². The number of carbonyl (C=O) groups is 1. The Morgan fingerprint density at radius 3 is 3.00 bits per heavy atom. The summed E-state index contributed by atoms with van der Waals surface area (Å²) in [6.07, 6.45) is 0.899. The number of esters is 1. The number of thiocarbonyl (C=S) groups is 1. The van der Waals surface area contributed by atoms with Gasteiger partial charge in [-0.15, -0.1) is 11.3 Å². The zero-order valence-corrected chi connectivity index (χ0v) is 15.1. The molecule has 122 valence electrons. The summed E-state index contributed by atoms with van der Waals surface area (Å²) in [6, 6.07) is 0. The van der Waals surface area contributed by atoms with E-state index in [0.717, 1.165) is 28.5 Å². The molecule has 0 fully saturated rings. The summed E-state index contributed by atoms with van der Waals surface area (Å²) in [5, 5.41) is 7.47. The van der Waals surface area contributed by atoms with Crippen LogP contribution in [0.1, 0.15) is 27.7 Å². The molecule has 0 atom stereocenters. The first kappa shape index (κ1) is 17.5. The number of anilines is 1. The van der Waals surface area contributed by atoms with Crippen LogP contribution in [-0.4, -0.2) is 43.7 Å². The van der Waals surface area contributed by atoms with Crippen molar-refractivity contribution in [2.45, 2.75) is 19.1 Å². The van der Waals surface area contributed by atoms with Crippen LogP contribution in [-0.2, 0) is 21.6 Å². The van der Waals surface area contributed by atoms with E-state index in [1.54, 1.807) is 18.4 Å². The van der Waals surface area contributed by atoms with Crippen molar-refractivity contribution < 1.29 is 14.3 Å². The molecule has 8 heteroatoms. The van der Waals surface area contributed by atoms with Gasteiger partial charge in [-0.05, 0) is 36.9 Å². The van der Waals surface area contributed by atoms with Crippen LogP contribution in [0, 0.1) is 0 Å². The lowest BCUT2D eigenvalue weighted by Crippen LogP contribution is -2.31.